The lowest BCUT2D eigenvalue weighted by atomic mass is 10.4. The Bertz CT molecular complexity index is 732. The van der Waals surface area contributed by atoms with E-state index in [1.807, 2.05) is 30.5 Å². The average molecular weight is 346 g/mol. The van der Waals surface area contributed by atoms with Crippen molar-refractivity contribution in [1.82, 2.24) is 15.6 Å². The van der Waals surface area contributed by atoms with Crippen LogP contribution in [0.25, 0.3) is 10.8 Å². The summed E-state index contributed by atoms with van der Waals surface area (Å²) in [6.07, 6.45) is 1.67. The highest BCUT2D eigenvalue weighted by atomic mass is 32.1. The predicted octanol–water partition coefficient (Wildman–Crippen LogP) is 3.72. The van der Waals surface area contributed by atoms with Gasteiger partial charge in [-0.3, -0.25) is 0 Å². The monoisotopic (exact) mass is 346 g/mol. The van der Waals surface area contributed by atoms with E-state index in [1.165, 1.54) is 4.88 Å². The van der Waals surface area contributed by atoms with Crippen molar-refractivity contribution < 1.29 is 4.42 Å². The van der Waals surface area contributed by atoms with Gasteiger partial charge in [0.05, 0.1) is 18.0 Å². The summed E-state index contributed by atoms with van der Waals surface area (Å²) in [5.74, 6) is 1.43. The van der Waals surface area contributed by atoms with Crippen LogP contribution >= 0.6 is 22.7 Å². The van der Waals surface area contributed by atoms with E-state index in [0.29, 0.717) is 12.4 Å². The number of nitrogens with one attached hydrogen (secondary N) is 2. The molecule has 0 spiro atoms. The zero-order valence-corrected chi connectivity index (χ0v) is 14.4. The van der Waals surface area contributed by atoms with Crippen LogP contribution in [-0.4, -0.2) is 17.5 Å². The molecule has 3 heterocycles. The van der Waals surface area contributed by atoms with Crippen LogP contribution in [0.2, 0.25) is 0 Å². The molecule has 0 aliphatic rings. The third-order valence-electron chi connectivity index (χ3n) is 3.04. The van der Waals surface area contributed by atoms with Gasteiger partial charge in [-0.15, -0.1) is 22.7 Å². The topological polar surface area (TPSA) is 62.5 Å². The van der Waals surface area contributed by atoms with Crippen LogP contribution in [0, 0.1) is 0 Å². The van der Waals surface area contributed by atoms with Crippen molar-refractivity contribution in [2.75, 3.05) is 6.54 Å². The third-order valence-corrected chi connectivity index (χ3v) is 4.77. The Morgan fingerprint density at radius 2 is 2.09 bits per heavy atom. The SMILES string of the molecule is CCNC(=NCc1coc(-c2cccs2)n1)NCc1cccs1. The lowest BCUT2D eigenvalue weighted by molar-refractivity contribution is 0.574. The summed E-state index contributed by atoms with van der Waals surface area (Å²) in [5, 5.41) is 10.6. The highest BCUT2D eigenvalue weighted by molar-refractivity contribution is 7.13. The van der Waals surface area contributed by atoms with Crippen molar-refractivity contribution in [3.8, 4) is 10.8 Å². The van der Waals surface area contributed by atoms with Crippen molar-refractivity contribution in [2.24, 2.45) is 4.99 Å². The van der Waals surface area contributed by atoms with Crippen molar-refractivity contribution >= 4 is 28.6 Å². The van der Waals surface area contributed by atoms with E-state index in [2.05, 4.69) is 32.1 Å². The Kier molecular flexibility index (Phi) is 5.44. The van der Waals surface area contributed by atoms with E-state index in [-0.39, 0.29) is 0 Å². The molecule has 0 radical (unpaired) electrons. The molecule has 3 aromatic heterocycles. The molecule has 120 valence electrons. The minimum Gasteiger partial charge on any atom is -0.443 e. The summed E-state index contributed by atoms with van der Waals surface area (Å²) in [7, 11) is 0. The van der Waals surface area contributed by atoms with Gasteiger partial charge < -0.3 is 15.1 Å². The van der Waals surface area contributed by atoms with Crippen LogP contribution in [0.1, 0.15) is 17.5 Å². The first-order valence-corrected chi connectivity index (χ1v) is 9.14. The smallest absolute Gasteiger partial charge is 0.236 e. The van der Waals surface area contributed by atoms with Crippen LogP contribution in [0.4, 0.5) is 0 Å². The molecule has 2 N–H and O–H groups in total. The van der Waals surface area contributed by atoms with Gasteiger partial charge in [0.2, 0.25) is 5.89 Å². The van der Waals surface area contributed by atoms with E-state index in [0.717, 1.165) is 29.6 Å². The zero-order chi connectivity index (χ0) is 15.9. The van der Waals surface area contributed by atoms with Gasteiger partial charge in [0.15, 0.2) is 5.96 Å². The molecule has 0 amide bonds. The molecule has 3 aromatic rings. The van der Waals surface area contributed by atoms with E-state index in [9.17, 15) is 0 Å². The van der Waals surface area contributed by atoms with Gasteiger partial charge >= 0.3 is 0 Å². The number of oxazole rings is 1. The highest BCUT2D eigenvalue weighted by Gasteiger charge is 2.07. The second kappa shape index (κ2) is 7.94. The molecule has 0 atom stereocenters. The zero-order valence-electron chi connectivity index (χ0n) is 12.8. The molecule has 23 heavy (non-hydrogen) atoms. The molecule has 5 nitrogen and oxygen atoms in total. The molecule has 0 aliphatic carbocycles. The first-order valence-electron chi connectivity index (χ1n) is 7.38. The lowest BCUT2D eigenvalue weighted by Gasteiger charge is -2.09. The Morgan fingerprint density at radius 1 is 1.22 bits per heavy atom. The summed E-state index contributed by atoms with van der Waals surface area (Å²) >= 11 is 3.34. The highest BCUT2D eigenvalue weighted by Crippen LogP contribution is 2.23. The summed E-state index contributed by atoms with van der Waals surface area (Å²) < 4.78 is 5.51. The van der Waals surface area contributed by atoms with Gasteiger partial charge in [-0.05, 0) is 29.8 Å². The molecule has 0 saturated carbocycles. The lowest BCUT2D eigenvalue weighted by Crippen LogP contribution is -2.36. The summed E-state index contributed by atoms with van der Waals surface area (Å²) in [6, 6.07) is 8.13. The fourth-order valence-electron chi connectivity index (χ4n) is 1.98. The number of hydrogen-bond acceptors (Lipinski definition) is 5. The van der Waals surface area contributed by atoms with E-state index < -0.39 is 0 Å². The molecule has 0 aromatic carbocycles. The second-order valence-electron chi connectivity index (χ2n) is 4.75. The number of rotatable bonds is 6. The van der Waals surface area contributed by atoms with Crippen LogP contribution in [0.15, 0.2) is 50.7 Å². The predicted molar refractivity (Wildman–Crippen MR) is 95.8 cm³/mol. The molecule has 3 rings (SSSR count). The van der Waals surface area contributed by atoms with Gasteiger partial charge in [-0.25, -0.2) is 9.98 Å². The summed E-state index contributed by atoms with van der Waals surface area (Å²) in [4.78, 5) is 11.3. The fraction of sp³-hybridized carbons (Fsp3) is 0.250. The van der Waals surface area contributed by atoms with Gasteiger partial charge in [-0.2, -0.15) is 0 Å². The fourth-order valence-corrected chi connectivity index (χ4v) is 3.28. The molecule has 0 aliphatic heterocycles. The Balaban J connectivity index is 1.61. The second-order valence-corrected chi connectivity index (χ2v) is 6.73. The number of guanidine groups is 1. The van der Waals surface area contributed by atoms with Gasteiger partial charge in [0.1, 0.15) is 12.0 Å². The number of nitrogens with zero attached hydrogens (tertiary/aromatic N) is 2. The molecule has 0 saturated heterocycles. The molecular weight excluding hydrogens is 328 g/mol. The van der Waals surface area contributed by atoms with Crippen LogP contribution < -0.4 is 10.6 Å². The number of thiophene rings is 2. The standard InChI is InChI=1S/C16H18N4OS2/c1-2-17-16(19-10-13-5-3-7-22-13)18-9-12-11-21-15(20-12)14-6-4-8-23-14/h3-8,11H,2,9-10H2,1H3,(H2,17,18,19). The van der Waals surface area contributed by atoms with Gasteiger partial charge in [0, 0.05) is 11.4 Å². The largest absolute Gasteiger partial charge is 0.443 e. The molecule has 7 heteroatoms. The number of hydrogen-bond donors (Lipinski definition) is 2. The van der Waals surface area contributed by atoms with Crippen molar-refractivity contribution in [3.05, 3.63) is 51.9 Å². The first kappa shape index (κ1) is 15.8. The summed E-state index contributed by atoms with van der Waals surface area (Å²) in [6.45, 7) is 4.11. The molecular formula is C16H18N4OS2. The average Bonchev–Trinajstić information content (AvgIpc) is 3.32. The van der Waals surface area contributed by atoms with Crippen LogP contribution in [0.3, 0.4) is 0 Å². The minimum atomic E-state index is 0.481. The third kappa shape index (κ3) is 4.43. The first-order chi connectivity index (χ1) is 11.3. The van der Waals surface area contributed by atoms with Gasteiger partial charge in [0.25, 0.3) is 0 Å². The van der Waals surface area contributed by atoms with Crippen LogP contribution in [0.5, 0.6) is 0 Å². The maximum Gasteiger partial charge on any atom is 0.236 e. The quantitative estimate of drug-likeness (QED) is 0.527. The number of aromatic nitrogens is 1. The van der Waals surface area contributed by atoms with E-state index in [4.69, 9.17) is 4.42 Å². The summed E-state index contributed by atoms with van der Waals surface area (Å²) in [5.41, 5.74) is 0.821. The maximum atomic E-state index is 5.51. The van der Waals surface area contributed by atoms with Crippen molar-refractivity contribution in [3.63, 3.8) is 0 Å². The van der Waals surface area contributed by atoms with Gasteiger partial charge in [-0.1, -0.05) is 12.1 Å². The van der Waals surface area contributed by atoms with Crippen molar-refractivity contribution in [1.29, 1.82) is 0 Å². The maximum absolute atomic E-state index is 5.51. The Hall–Kier alpha value is -2.12. The van der Waals surface area contributed by atoms with E-state index >= 15 is 0 Å². The molecule has 0 unspecified atom stereocenters. The number of aliphatic imine (C=N–C) groups is 1. The van der Waals surface area contributed by atoms with E-state index in [1.54, 1.807) is 28.9 Å². The minimum absolute atomic E-state index is 0.481. The molecule has 0 fully saturated rings. The normalized spacial score (nSPS) is 11.6. The Morgan fingerprint density at radius 3 is 2.83 bits per heavy atom. The molecule has 0 bridgehead atoms. The van der Waals surface area contributed by atoms with Crippen molar-refractivity contribution in [2.45, 2.75) is 20.0 Å². The Labute approximate surface area is 143 Å². The van der Waals surface area contributed by atoms with Crippen LogP contribution in [-0.2, 0) is 13.1 Å².